The lowest BCUT2D eigenvalue weighted by Crippen LogP contribution is -2.29. The molecule has 1 atom stereocenters. The van der Waals surface area contributed by atoms with Gasteiger partial charge in [-0.3, -0.25) is 14.9 Å². The van der Waals surface area contributed by atoms with Crippen LogP contribution >= 0.6 is 0 Å². The summed E-state index contributed by atoms with van der Waals surface area (Å²) in [7, 11) is 1.60. The SMILES string of the molecule is CC(c1ccc(F)cc1)N(C)C(=O)c1ccc(-n2ccnc2)c([N+](=O)[O-])c1. The summed E-state index contributed by atoms with van der Waals surface area (Å²) in [5.41, 5.74) is 1.09. The van der Waals surface area contributed by atoms with Crippen molar-refractivity contribution in [2.24, 2.45) is 0 Å². The summed E-state index contributed by atoms with van der Waals surface area (Å²) in [6.45, 7) is 1.80. The van der Waals surface area contributed by atoms with Crippen molar-refractivity contribution in [2.45, 2.75) is 13.0 Å². The van der Waals surface area contributed by atoms with Gasteiger partial charge in [0.05, 0.1) is 17.3 Å². The molecule has 27 heavy (non-hydrogen) atoms. The molecule has 3 aromatic rings. The number of benzene rings is 2. The van der Waals surface area contributed by atoms with Crippen molar-refractivity contribution in [3.63, 3.8) is 0 Å². The second-order valence-corrected chi connectivity index (χ2v) is 6.07. The van der Waals surface area contributed by atoms with E-state index in [2.05, 4.69) is 4.98 Å². The summed E-state index contributed by atoms with van der Waals surface area (Å²) in [5.74, 6) is -0.724. The second-order valence-electron chi connectivity index (χ2n) is 6.07. The highest BCUT2D eigenvalue weighted by Gasteiger charge is 2.23. The highest BCUT2D eigenvalue weighted by atomic mass is 19.1. The third kappa shape index (κ3) is 3.69. The standard InChI is InChI=1S/C19H17FN4O3/c1-13(14-3-6-16(20)7-4-14)22(2)19(25)15-5-8-17(18(11-15)24(26)27)23-10-9-21-12-23/h3-13H,1-2H3. The molecule has 8 heteroatoms. The average Bonchev–Trinajstić information content (AvgIpc) is 3.21. The first kappa shape index (κ1) is 18.2. The lowest BCUT2D eigenvalue weighted by molar-refractivity contribution is -0.384. The Morgan fingerprint density at radius 2 is 1.96 bits per heavy atom. The van der Waals surface area contributed by atoms with E-state index >= 15 is 0 Å². The van der Waals surface area contributed by atoms with Gasteiger partial charge in [0, 0.05) is 31.1 Å². The van der Waals surface area contributed by atoms with Gasteiger partial charge >= 0.3 is 0 Å². The maximum atomic E-state index is 13.1. The van der Waals surface area contributed by atoms with Crippen LogP contribution in [0.1, 0.15) is 28.9 Å². The van der Waals surface area contributed by atoms with E-state index in [4.69, 9.17) is 0 Å². The fourth-order valence-corrected chi connectivity index (χ4v) is 2.77. The number of aromatic nitrogens is 2. The Balaban J connectivity index is 1.91. The maximum Gasteiger partial charge on any atom is 0.294 e. The number of hydrogen-bond donors (Lipinski definition) is 0. The molecule has 138 valence electrons. The van der Waals surface area contributed by atoms with Gasteiger partial charge in [-0.2, -0.15) is 0 Å². The van der Waals surface area contributed by atoms with E-state index in [0.29, 0.717) is 5.69 Å². The fourth-order valence-electron chi connectivity index (χ4n) is 2.77. The van der Waals surface area contributed by atoms with Crippen molar-refractivity contribution in [1.82, 2.24) is 14.5 Å². The van der Waals surface area contributed by atoms with Gasteiger partial charge in [-0.1, -0.05) is 12.1 Å². The molecule has 0 radical (unpaired) electrons. The van der Waals surface area contributed by atoms with Crippen LogP contribution in [0.2, 0.25) is 0 Å². The monoisotopic (exact) mass is 368 g/mol. The second kappa shape index (κ2) is 7.36. The molecule has 1 unspecified atom stereocenters. The van der Waals surface area contributed by atoms with Gasteiger partial charge in [-0.25, -0.2) is 9.37 Å². The Morgan fingerprint density at radius 1 is 1.26 bits per heavy atom. The molecule has 0 N–H and O–H groups in total. The van der Waals surface area contributed by atoms with Crippen LogP contribution in [0.25, 0.3) is 5.69 Å². The summed E-state index contributed by atoms with van der Waals surface area (Å²) >= 11 is 0. The van der Waals surface area contributed by atoms with Crippen molar-refractivity contribution in [1.29, 1.82) is 0 Å². The molecule has 1 aromatic heterocycles. The van der Waals surface area contributed by atoms with E-state index in [0.717, 1.165) is 5.56 Å². The number of amides is 1. The van der Waals surface area contributed by atoms with Gasteiger partial charge in [0.25, 0.3) is 11.6 Å². The van der Waals surface area contributed by atoms with Gasteiger partial charge in [0.1, 0.15) is 11.5 Å². The Hall–Kier alpha value is -3.55. The Bertz CT molecular complexity index is 971. The molecule has 0 fully saturated rings. The van der Waals surface area contributed by atoms with Crippen LogP contribution in [-0.2, 0) is 0 Å². The molecule has 0 saturated carbocycles. The Kier molecular flexibility index (Phi) is 4.98. The summed E-state index contributed by atoms with van der Waals surface area (Å²) in [6, 6.07) is 9.85. The van der Waals surface area contributed by atoms with E-state index in [9.17, 15) is 19.3 Å². The minimum atomic E-state index is -0.532. The van der Waals surface area contributed by atoms with Crippen LogP contribution < -0.4 is 0 Å². The Morgan fingerprint density at radius 3 is 2.56 bits per heavy atom. The number of rotatable bonds is 5. The normalized spacial score (nSPS) is 11.8. The topological polar surface area (TPSA) is 81.3 Å². The molecule has 0 aliphatic heterocycles. The first-order valence-electron chi connectivity index (χ1n) is 8.18. The van der Waals surface area contributed by atoms with Gasteiger partial charge in [-0.05, 0) is 36.8 Å². The number of halogens is 1. The number of hydrogen-bond acceptors (Lipinski definition) is 4. The quantitative estimate of drug-likeness (QED) is 0.507. The molecule has 1 heterocycles. The molecule has 0 saturated heterocycles. The van der Waals surface area contributed by atoms with Crippen molar-refractivity contribution in [2.75, 3.05) is 7.05 Å². The zero-order valence-electron chi connectivity index (χ0n) is 14.7. The van der Waals surface area contributed by atoms with Crippen molar-refractivity contribution in [3.05, 3.63) is 88.2 Å². The largest absolute Gasteiger partial charge is 0.335 e. The molecule has 0 bridgehead atoms. The number of nitro benzene ring substituents is 1. The molecule has 0 spiro atoms. The predicted octanol–water partition coefficient (Wildman–Crippen LogP) is 3.75. The molecule has 1 amide bonds. The smallest absolute Gasteiger partial charge is 0.294 e. The fraction of sp³-hybridized carbons (Fsp3) is 0.158. The van der Waals surface area contributed by atoms with E-state index in [1.165, 1.54) is 46.3 Å². The number of carbonyl (C=O) groups is 1. The van der Waals surface area contributed by atoms with Gasteiger partial charge in [0.2, 0.25) is 0 Å². The minimum Gasteiger partial charge on any atom is -0.335 e. The molecular weight excluding hydrogens is 351 g/mol. The van der Waals surface area contributed by atoms with Crippen molar-refractivity contribution < 1.29 is 14.1 Å². The van der Waals surface area contributed by atoms with Gasteiger partial charge in [-0.15, -0.1) is 0 Å². The molecule has 7 nitrogen and oxygen atoms in total. The predicted molar refractivity (Wildman–Crippen MR) is 97.1 cm³/mol. The third-order valence-electron chi connectivity index (χ3n) is 4.46. The number of carbonyl (C=O) groups excluding carboxylic acids is 1. The van der Waals surface area contributed by atoms with Crippen LogP contribution in [0.15, 0.2) is 61.2 Å². The Labute approximate surface area is 154 Å². The van der Waals surface area contributed by atoms with E-state index < -0.39 is 4.92 Å². The average molecular weight is 368 g/mol. The number of nitro groups is 1. The van der Waals surface area contributed by atoms with Crippen LogP contribution in [0.3, 0.4) is 0 Å². The van der Waals surface area contributed by atoms with Crippen molar-refractivity contribution >= 4 is 11.6 Å². The van der Waals surface area contributed by atoms with Crippen LogP contribution in [0, 0.1) is 15.9 Å². The third-order valence-corrected chi connectivity index (χ3v) is 4.46. The summed E-state index contributed by atoms with van der Waals surface area (Å²) < 4.78 is 14.6. The maximum absolute atomic E-state index is 13.1. The van der Waals surface area contributed by atoms with Crippen LogP contribution in [-0.4, -0.2) is 32.3 Å². The molecular formula is C19H17FN4O3. The zero-order valence-corrected chi connectivity index (χ0v) is 14.7. The summed E-state index contributed by atoms with van der Waals surface area (Å²) in [5, 5.41) is 11.5. The molecule has 0 aliphatic rings. The molecule has 0 aliphatic carbocycles. The van der Waals surface area contributed by atoms with Gasteiger partial charge < -0.3 is 9.47 Å². The zero-order chi connectivity index (χ0) is 19.6. The number of imidazole rings is 1. The minimum absolute atomic E-state index is 0.193. The van der Waals surface area contributed by atoms with Gasteiger partial charge in [0.15, 0.2) is 0 Å². The summed E-state index contributed by atoms with van der Waals surface area (Å²) in [6.07, 6.45) is 4.56. The highest BCUT2D eigenvalue weighted by Crippen LogP contribution is 2.27. The highest BCUT2D eigenvalue weighted by molar-refractivity contribution is 5.95. The first-order valence-corrected chi connectivity index (χ1v) is 8.18. The molecule has 2 aromatic carbocycles. The van der Waals surface area contributed by atoms with Crippen molar-refractivity contribution in [3.8, 4) is 5.69 Å². The lowest BCUT2D eigenvalue weighted by atomic mass is 10.1. The first-order chi connectivity index (χ1) is 12.9. The number of nitrogens with zero attached hydrogens (tertiary/aromatic N) is 4. The van der Waals surface area contributed by atoms with E-state index in [1.54, 1.807) is 38.4 Å². The van der Waals surface area contributed by atoms with E-state index in [1.807, 2.05) is 0 Å². The molecule has 3 rings (SSSR count). The van der Waals surface area contributed by atoms with Crippen LogP contribution in [0.5, 0.6) is 0 Å². The lowest BCUT2D eigenvalue weighted by Gasteiger charge is -2.25. The van der Waals surface area contributed by atoms with Crippen LogP contribution in [0.4, 0.5) is 10.1 Å². The van der Waals surface area contributed by atoms with E-state index in [-0.39, 0.29) is 29.0 Å². The summed E-state index contributed by atoms with van der Waals surface area (Å²) in [4.78, 5) is 29.1.